The van der Waals surface area contributed by atoms with E-state index in [-0.39, 0.29) is 12.5 Å². The van der Waals surface area contributed by atoms with Crippen LogP contribution >= 0.6 is 0 Å². The summed E-state index contributed by atoms with van der Waals surface area (Å²) in [6, 6.07) is 8.08. The Kier molecular flexibility index (Phi) is 4.64. The lowest BCUT2D eigenvalue weighted by atomic mass is 9.73. The third-order valence-corrected chi connectivity index (χ3v) is 5.21. The molecule has 0 saturated carbocycles. The van der Waals surface area contributed by atoms with Gasteiger partial charge in [-0.2, -0.15) is 0 Å². The summed E-state index contributed by atoms with van der Waals surface area (Å²) in [6.45, 7) is -0.909. The first-order chi connectivity index (χ1) is 13.9. The molecule has 3 N–H and O–H groups in total. The molecule has 2 heterocycles. The average Bonchev–Trinajstić information content (AvgIpc) is 3.17. The van der Waals surface area contributed by atoms with Crippen LogP contribution in [-0.4, -0.2) is 54.7 Å². The molecule has 4 rings (SSSR count). The van der Waals surface area contributed by atoms with Crippen molar-refractivity contribution in [1.29, 1.82) is 0 Å². The zero-order valence-electron chi connectivity index (χ0n) is 15.7. The summed E-state index contributed by atoms with van der Waals surface area (Å²) in [6.07, 6.45) is 0. The first-order valence-electron chi connectivity index (χ1n) is 8.82. The maximum Gasteiger partial charge on any atom is 0.314 e. The summed E-state index contributed by atoms with van der Waals surface area (Å²) in [7, 11) is 2.95. The largest absolute Gasteiger partial charge is 0.497 e. The van der Waals surface area contributed by atoms with Crippen LogP contribution in [0.3, 0.4) is 0 Å². The van der Waals surface area contributed by atoms with Gasteiger partial charge >= 0.3 is 5.97 Å². The van der Waals surface area contributed by atoms with E-state index >= 15 is 0 Å². The predicted octanol–water partition coefficient (Wildman–Crippen LogP) is 1.34. The van der Waals surface area contributed by atoms with Crippen LogP contribution in [-0.2, 0) is 4.79 Å². The lowest BCUT2D eigenvalue weighted by molar-refractivity contribution is -0.220. The van der Waals surface area contributed by atoms with Crippen molar-refractivity contribution in [2.75, 3.05) is 27.6 Å². The van der Waals surface area contributed by atoms with Gasteiger partial charge in [0, 0.05) is 29.2 Å². The zero-order valence-corrected chi connectivity index (χ0v) is 15.7. The van der Waals surface area contributed by atoms with E-state index in [0.29, 0.717) is 34.1 Å². The molecule has 0 radical (unpaired) electrons. The van der Waals surface area contributed by atoms with Crippen molar-refractivity contribution in [1.82, 2.24) is 0 Å². The SMILES string of the molecule is COc1ccc([C@H]2c3cc4c(cc3O[C@@](O)(CO)[C@@H]2C(=O)O)OCO4)c(OC)c1. The Morgan fingerprint density at radius 1 is 1.10 bits per heavy atom. The number of aliphatic hydroxyl groups excluding tert-OH is 1. The molecular formula is C20H20O9. The number of rotatable bonds is 5. The molecule has 29 heavy (non-hydrogen) atoms. The lowest BCUT2D eigenvalue weighted by Gasteiger charge is -2.42. The molecule has 3 atom stereocenters. The monoisotopic (exact) mass is 404 g/mol. The number of fused-ring (bicyclic) bond motifs is 2. The van der Waals surface area contributed by atoms with Crippen molar-refractivity contribution in [2.45, 2.75) is 11.7 Å². The van der Waals surface area contributed by atoms with Gasteiger partial charge in [0.1, 0.15) is 29.8 Å². The fourth-order valence-corrected chi connectivity index (χ4v) is 3.85. The second-order valence-corrected chi connectivity index (χ2v) is 6.75. The van der Waals surface area contributed by atoms with Crippen LogP contribution < -0.4 is 23.7 Å². The molecule has 0 spiro atoms. The minimum absolute atomic E-state index is 0.0153. The molecule has 0 amide bonds. The highest BCUT2D eigenvalue weighted by Gasteiger charge is 2.54. The van der Waals surface area contributed by atoms with Gasteiger partial charge in [-0.1, -0.05) is 6.07 Å². The van der Waals surface area contributed by atoms with Crippen molar-refractivity contribution in [2.24, 2.45) is 5.92 Å². The van der Waals surface area contributed by atoms with Crippen LogP contribution in [0.1, 0.15) is 17.0 Å². The second kappa shape index (κ2) is 7.02. The molecule has 0 aliphatic carbocycles. The van der Waals surface area contributed by atoms with Crippen LogP contribution in [0, 0.1) is 5.92 Å². The highest BCUT2D eigenvalue weighted by Crippen LogP contribution is 2.53. The highest BCUT2D eigenvalue weighted by molar-refractivity contribution is 5.76. The van der Waals surface area contributed by atoms with E-state index in [9.17, 15) is 20.1 Å². The van der Waals surface area contributed by atoms with E-state index in [4.69, 9.17) is 23.7 Å². The topological polar surface area (TPSA) is 124 Å². The zero-order chi connectivity index (χ0) is 20.8. The average molecular weight is 404 g/mol. The van der Waals surface area contributed by atoms with Gasteiger partial charge in [-0.25, -0.2) is 0 Å². The molecule has 0 saturated heterocycles. The van der Waals surface area contributed by atoms with Crippen molar-refractivity contribution < 1.29 is 43.8 Å². The van der Waals surface area contributed by atoms with Gasteiger partial charge in [-0.15, -0.1) is 0 Å². The third kappa shape index (κ3) is 2.99. The van der Waals surface area contributed by atoms with Crippen LogP contribution in [0.5, 0.6) is 28.7 Å². The smallest absolute Gasteiger partial charge is 0.314 e. The molecule has 154 valence electrons. The molecule has 0 bridgehead atoms. The summed E-state index contributed by atoms with van der Waals surface area (Å²) in [4.78, 5) is 12.2. The fraction of sp³-hybridized carbons (Fsp3) is 0.350. The van der Waals surface area contributed by atoms with Crippen LogP contribution in [0.15, 0.2) is 30.3 Å². The molecule has 2 aromatic rings. The number of methoxy groups -OCH3 is 2. The maximum absolute atomic E-state index is 12.2. The minimum atomic E-state index is -2.36. The predicted molar refractivity (Wildman–Crippen MR) is 97.7 cm³/mol. The number of hydrogen-bond donors (Lipinski definition) is 3. The Balaban J connectivity index is 1.97. The standard InChI is InChI=1S/C20H20O9/c1-25-10-3-4-11(13(5-10)26-2)17-12-6-15-16(28-9-27-15)7-14(12)29-20(24,8-21)18(17)19(22)23/h3-7,17-18,21,24H,8-9H2,1-2H3,(H,22,23)/t17-,18-,20-/m0/s1. The summed E-state index contributed by atoms with van der Waals surface area (Å²) in [5.74, 6) is -4.23. The minimum Gasteiger partial charge on any atom is -0.497 e. The van der Waals surface area contributed by atoms with E-state index in [1.807, 2.05) is 0 Å². The number of carboxylic acid groups (broad SMARTS) is 1. The Morgan fingerprint density at radius 2 is 1.83 bits per heavy atom. The molecule has 0 unspecified atom stereocenters. The highest BCUT2D eigenvalue weighted by atomic mass is 16.7. The molecule has 9 nitrogen and oxygen atoms in total. The van der Waals surface area contributed by atoms with Crippen LogP contribution in [0.2, 0.25) is 0 Å². The second-order valence-electron chi connectivity index (χ2n) is 6.75. The summed E-state index contributed by atoms with van der Waals surface area (Å²) in [5.41, 5.74) is 0.944. The van der Waals surface area contributed by atoms with E-state index in [1.54, 1.807) is 24.3 Å². The molecule has 9 heteroatoms. The van der Waals surface area contributed by atoms with E-state index in [0.717, 1.165) is 0 Å². The first-order valence-corrected chi connectivity index (χ1v) is 8.82. The fourth-order valence-electron chi connectivity index (χ4n) is 3.85. The van der Waals surface area contributed by atoms with Crippen molar-refractivity contribution >= 4 is 5.97 Å². The summed E-state index contributed by atoms with van der Waals surface area (Å²) < 4.78 is 27.0. The van der Waals surface area contributed by atoms with Gasteiger partial charge in [-0.3, -0.25) is 4.79 Å². The van der Waals surface area contributed by atoms with Gasteiger partial charge in [-0.05, 0) is 12.1 Å². The van der Waals surface area contributed by atoms with Gasteiger partial charge < -0.3 is 39.0 Å². The van der Waals surface area contributed by atoms with E-state index in [1.165, 1.54) is 20.3 Å². The molecular weight excluding hydrogens is 384 g/mol. The lowest BCUT2D eigenvalue weighted by Crippen LogP contribution is -2.55. The Morgan fingerprint density at radius 3 is 2.45 bits per heavy atom. The molecule has 2 aromatic carbocycles. The Labute approximate surface area is 166 Å². The first kappa shape index (κ1) is 19.2. The van der Waals surface area contributed by atoms with Crippen molar-refractivity contribution in [3.05, 3.63) is 41.5 Å². The molecule has 2 aliphatic heterocycles. The van der Waals surface area contributed by atoms with Gasteiger partial charge in [0.2, 0.25) is 12.6 Å². The number of aliphatic carboxylic acids is 1. The van der Waals surface area contributed by atoms with Gasteiger partial charge in [0.05, 0.1) is 14.2 Å². The normalized spacial score (nSPS) is 24.4. The van der Waals surface area contributed by atoms with Gasteiger partial charge in [0.25, 0.3) is 0 Å². The Bertz CT molecular complexity index is 957. The van der Waals surface area contributed by atoms with E-state index < -0.39 is 30.2 Å². The van der Waals surface area contributed by atoms with Crippen LogP contribution in [0.25, 0.3) is 0 Å². The molecule has 0 fully saturated rings. The van der Waals surface area contributed by atoms with Gasteiger partial charge in [0.15, 0.2) is 11.5 Å². The summed E-state index contributed by atoms with van der Waals surface area (Å²) >= 11 is 0. The number of ether oxygens (including phenoxy) is 5. The Hall–Kier alpha value is -3.17. The molecule has 2 aliphatic rings. The number of carbonyl (C=O) groups is 1. The van der Waals surface area contributed by atoms with Crippen molar-refractivity contribution in [3.8, 4) is 28.7 Å². The maximum atomic E-state index is 12.2. The number of carboxylic acids is 1. The molecule has 0 aromatic heterocycles. The number of hydrogen-bond acceptors (Lipinski definition) is 8. The third-order valence-electron chi connectivity index (χ3n) is 5.21. The van der Waals surface area contributed by atoms with Crippen molar-refractivity contribution in [3.63, 3.8) is 0 Å². The number of benzene rings is 2. The number of aliphatic hydroxyl groups is 2. The van der Waals surface area contributed by atoms with Crippen LogP contribution in [0.4, 0.5) is 0 Å². The van der Waals surface area contributed by atoms with E-state index in [2.05, 4.69) is 0 Å². The quantitative estimate of drug-likeness (QED) is 0.677. The summed E-state index contributed by atoms with van der Waals surface area (Å²) in [5, 5.41) is 30.7.